The molecule has 2 N–H and O–H groups in total. The van der Waals surface area contributed by atoms with E-state index >= 15 is 0 Å². The molecule has 1 fully saturated rings. The molecule has 0 aliphatic carbocycles. The lowest BCUT2D eigenvalue weighted by atomic mass is 10.1. The third-order valence-electron chi connectivity index (χ3n) is 4.21. The first-order valence-electron chi connectivity index (χ1n) is 8.45. The molecular weight excluding hydrogens is 356 g/mol. The first-order chi connectivity index (χ1) is 12.4. The summed E-state index contributed by atoms with van der Waals surface area (Å²) in [5.41, 5.74) is 0.306. The van der Waals surface area contributed by atoms with Gasteiger partial charge in [-0.1, -0.05) is 6.07 Å². The molecule has 1 aliphatic heterocycles. The van der Waals surface area contributed by atoms with E-state index in [0.717, 1.165) is 13.0 Å². The number of hydrogen-bond acceptors (Lipinski definition) is 5. The van der Waals surface area contributed by atoms with Gasteiger partial charge in [0.15, 0.2) is 0 Å². The van der Waals surface area contributed by atoms with E-state index in [1.54, 1.807) is 31.2 Å². The zero-order chi connectivity index (χ0) is 18.6. The van der Waals surface area contributed by atoms with Crippen molar-refractivity contribution in [1.82, 2.24) is 10.0 Å². The third kappa shape index (κ3) is 4.72. The zero-order valence-electron chi connectivity index (χ0n) is 14.5. The summed E-state index contributed by atoms with van der Waals surface area (Å²) in [5.74, 6) is 1.25. The van der Waals surface area contributed by atoms with Gasteiger partial charge in [0.1, 0.15) is 11.5 Å². The third-order valence-corrected chi connectivity index (χ3v) is 5.61. The number of benzene rings is 1. The van der Waals surface area contributed by atoms with Crippen LogP contribution >= 0.6 is 0 Å². The van der Waals surface area contributed by atoms with E-state index in [9.17, 15) is 13.2 Å². The Balaban J connectivity index is 1.63. The highest BCUT2D eigenvalue weighted by atomic mass is 32.2. The van der Waals surface area contributed by atoms with Gasteiger partial charge >= 0.3 is 0 Å². The second kappa shape index (κ2) is 8.03. The molecule has 0 bridgehead atoms. The number of carbonyl (C=O) groups excluding carboxylic acids is 1. The number of furan rings is 1. The first-order valence-corrected chi connectivity index (χ1v) is 9.93. The fourth-order valence-corrected chi connectivity index (χ4v) is 3.76. The summed E-state index contributed by atoms with van der Waals surface area (Å²) >= 11 is 0. The summed E-state index contributed by atoms with van der Waals surface area (Å²) < 4.78 is 38.0. The predicted molar refractivity (Wildman–Crippen MR) is 95.2 cm³/mol. The van der Waals surface area contributed by atoms with Crippen molar-refractivity contribution in [1.29, 1.82) is 0 Å². The predicted octanol–water partition coefficient (Wildman–Crippen LogP) is 1.83. The lowest BCUT2D eigenvalue weighted by Crippen LogP contribution is -2.30. The van der Waals surface area contributed by atoms with Crippen molar-refractivity contribution in [3.05, 3.63) is 53.5 Å². The van der Waals surface area contributed by atoms with Crippen molar-refractivity contribution in [3.8, 4) is 0 Å². The van der Waals surface area contributed by atoms with Crippen LogP contribution in [0.5, 0.6) is 0 Å². The molecule has 1 aliphatic rings. The molecule has 0 spiro atoms. The molecule has 1 atom stereocenters. The molecular formula is C18H22N2O5S. The normalized spacial score (nSPS) is 17.3. The van der Waals surface area contributed by atoms with E-state index in [4.69, 9.17) is 9.15 Å². The van der Waals surface area contributed by atoms with Gasteiger partial charge in [0.05, 0.1) is 18.0 Å². The van der Waals surface area contributed by atoms with Gasteiger partial charge in [-0.25, -0.2) is 13.1 Å². The van der Waals surface area contributed by atoms with Crippen LogP contribution in [0.25, 0.3) is 0 Å². The van der Waals surface area contributed by atoms with Gasteiger partial charge < -0.3 is 14.5 Å². The number of sulfonamides is 1. The molecule has 1 amide bonds. The number of carbonyl (C=O) groups is 1. The summed E-state index contributed by atoms with van der Waals surface area (Å²) in [6.07, 6.45) is 0.922. The molecule has 7 nitrogen and oxygen atoms in total. The number of ether oxygens (including phenoxy) is 1. The van der Waals surface area contributed by atoms with E-state index < -0.39 is 10.0 Å². The second-order valence-corrected chi connectivity index (χ2v) is 8.07. The van der Waals surface area contributed by atoms with Crippen molar-refractivity contribution in [2.45, 2.75) is 24.8 Å². The Morgan fingerprint density at radius 1 is 1.27 bits per heavy atom. The van der Waals surface area contributed by atoms with Gasteiger partial charge in [-0.05, 0) is 43.7 Å². The maximum Gasteiger partial charge on any atom is 0.251 e. The van der Waals surface area contributed by atoms with E-state index in [1.165, 1.54) is 12.1 Å². The van der Waals surface area contributed by atoms with Crippen LogP contribution in [0.3, 0.4) is 0 Å². The van der Waals surface area contributed by atoms with Gasteiger partial charge in [0, 0.05) is 24.6 Å². The molecule has 2 aromatic rings. The molecule has 8 heteroatoms. The molecule has 0 saturated carbocycles. The Morgan fingerprint density at radius 2 is 2.12 bits per heavy atom. The van der Waals surface area contributed by atoms with Crippen LogP contribution in [0.15, 0.2) is 45.7 Å². The first kappa shape index (κ1) is 18.6. The highest BCUT2D eigenvalue weighted by molar-refractivity contribution is 7.89. The van der Waals surface area contributed by atoms with Crippen LogP contribution in [0.1, 0.15) is 28.3 Å². The summed E-state index contributed by atoms with van der Waals surface area (Å²) in [4.78, 5) is 12.3. The maximum absolute atomic E-state index is 12.5. The Bertz CT molecular complexity index is 869. The van der Waals surface area contributed by atoms with Gasteiger partial charge in [0.2, 0.25) is 10.0 Å². The minimum absolute atomic E-state index is 0.0395. The molecule has 140 valence electrons. The van der Waals surface area contributed by atoms with Crippen LogP contribution in [-0.4, -0.2) is 34.1 Å². The topological polar surface area (TPSA) is 97.6 Å². The molecule has 0 unspecified atom stereocenters. The molecule has 1 aromatic carbocycles. The van der Waals surface area contributed by atoms with Crippen LogP contribution in [0.2, 0.25) is 0 Å². The van der Waals surface area contributed by atoms with E-state index in [-0.39, 0.29) is 17.3 Å². The fraction of sp³-hybridized carbons (Fsp3) is 0.389. The zero-order valence-corrected chi connectivity index (χ0v) is 15.3. The molecule has 26 heavy (non-hydrogen) atoms. The van der Waals surface area contributed by atoms with E-state index in [1.807, 2.05) is 0 Å². The van der Waals surface area contributed by atoms with Crippen molar-refractivity contribution in [3.63, 3.8) is 0 Å². The minimum atomic E-state index is -3.75. The molecule has 1 saturated heterocycles. The minimum Gasteiger partial charge on any atom is -0.465 e. The summed E-state index contributed by atoms with van der Waals surface area (Å²) in [6.45, 7) is 3.72. The lowest BCUT2D eigenvalue weighted by Gasteiger charge is -2.11. The van der Waals surface area contributed by atoms with Crippen molar-refractivity contribution >= 4 is 15.9 Å². The van der Waals surface area contributed by atoms with Gasteiger partial charge in [-0.15, -0.1) is 0 Å². The summed E-state index contributed by atoms with van der Waals surface area (Å²) in [6, 6.07) is 9.46. The smallest absolute Gasteiger partial charge is 0.251 e. The van der Waals surface area contributed by atoms with Crippen LogP contribution in [0, 0.1) is 12.8 Å². The maximum atomic E-state index is 12.5. The van der Waals surface area contributed by atoms with Gasteiger partial charge in [-0.2, -0.15) is 0 Å². The van der Waals surface area contributed by atoms with Gasteiger partial charge in [0.25, 0.3) is 5.91 Å². The number of rotatable bonds is 7. The highest BCUT2D eigenvalue weighted by Crippen LogP contribution is 2.14. The highest BCUT2D eigenvalue weighted by Gasteiger charge is 2.19. The monoisotopic (exact) mass is 378 g/mol. The number of nitrogens with one attached hydrogen (secondary N) is 2. The molecule has 2 heterocycles. The van der Waals surface area contributed by atoms with Crippen LogP contribution in [0.4, 0.5) is 0 Å². The summed E-state index contributed by atoms with van der Waals surface area (Å²) in [5, 5.41) is 2.83. The molecule has 0 radical (unpaired) electrons. The number of aryl methyl sites for hydroxylation is 1. The number of amides is 1. The molecule has 1 aromatic heterocycles. The van der Waals surface area contributed by atoms with E-state index in [0.29, 0.717) is 36.2 Å². The standard InChI is InChI=1S/C18H22N2O5S/c1-13-5-6-16(25-13)11-20-26(22,23)17-4-2-3-15(9-17)18(21)19-10-14-7-8-24-12-14/h2-6,9,14,20H,7-8,10-12H2,1H3,(H,19,21)/t14-/m0/s1. The number of hydrogen-bond donors (Lipinski definition) is 2. The SMILES string of the molecule is Cc1ccc(CNS(=O)(=O)c2cccc(C(=O)NC[C@@H]3CCOC3)c2)o1. The van der Waals surface area contributed by atoms with Crippen molar-refractivity contribution in [2.75, 3.05) is 19.8 Å². The largest absolute Gasteiger partial charge is 0.465 e. The average Bonchev–Trinajstić information content (AvgIpc) is 3.29. The van der Waals surface area contributed by atoms with Gasteiger partial charge in [-0.3, -0.25) is 4.79 Å². The Hall–Kier alpha value is -2.16. The lowest BCUT2D eigenvalue weighted by molar-refractivity contribution is 0.0944. The molecule has 3 rings (SSSR count). The van der Waals surface area contributed by atoms with Crippen molar-refractivity contribution in [2.24, 2.45) is 5.92 Å². The Labute approximate surface area is 152 Å². The van der Waals surface area contributed by atoms with Crippen molar-refractivity contribution < 1.29 is 22.4 Å². The quantitative estimate of drug-likeness (QED) is 0.766. The Morgan fingerprint density at radius 3 is 2.81 bits per heavy atom. The van der Waals surface area contributed by atoms with Crippen LogP contribution in [-0.2, 0) is 21.3 Å². The summed E-state index contributed by atoms with van der Waals surface area (Å²) in [7, 11) is -3.75. The second-order valence-electron chi connectivity index (χ2n) is 6.30. The average molecular weight is 378 g/mol. The Kier molecular flexibility index (Phi) is 5.75. The fourth-order valence-electron chi connectivity index (χ4n) is 2.72. The van der Waals surface area contributed by atoms with Crippen LogP contribution < -0.4 is 10.0 Å². The van der Waals surface area contributed by atoms with E-state index in [2.05, 4.69) is 10.0 Å².